The van der Waals surface area contributed by atoms with Gasteiger partial charge in [0.25, 0.3) is 0 Å². The SMILES string of the molecule is CCCCCCCCCCCCCCCCCCCC(S)c1ccccc1. The van der Waals surface area contributed by atoms with Crippen molar-refractivity contribution in [3.8, 4) is 0 Å². The predicted molar refractivity (Wildman–Crippen MR) is 127 cm³/mol. The molecule has 0 N–H and O–H groups in total. The Kier molecular flexibility index (Phi) is 17.2. The number of rotatable bonds is 19. The highest BCUT2D eigenvalue weighted by Crippen LogP contribution is 2.26. The lowest BCUT2D eigenvalue weighted by Crippen LogP contribution is -1.90. The monoisotopic (exact) mass is 390 g/mol. The lowest BCUT2D eigenvalue weighted by Gasteiger charge is -2.10. The summed E-state index contributed by atoms with van der Waals surface area (Å²) in [5.74, 6) is 0. The molecule has 156 valence electrons. The van der Waals surface area contributed by atoms with Crippen LogP contribution in [0.4, 0.5) is 0 Å². The first-order valence-corrected chi connectivity index (χ1v) is 12.6. The van der Waals surface area contributed by atoms with Crippen LogP contribution in [0.3, 0.4) is 0 Å². The predicted octanol–water partition coefficient (Wildman–Crippen LogP) is 9.70. The first-order chi connectivity index (χ1) is 13.3. The molecule has 27 heavy (non-hydrogen) atoms. The van der Waals surface area contributed by atoms with Crippen molar-refractivity contribution in [3.63, 3.8) is 0 Å². The summed E-state index contributed by atoms with van der Waals surface area (Å²) in [6, 6.07) is 10.7. The minimum absolute atomic E-state index is 0.419. The quantitative estimate of drug-likeness (QED) is 0.176. The van der Waals surface area contributed by atoms with E-state index >= 15 is 0 Å². The van der Waals surface area contributed by atoms with Crippen LogP contribution in [0.5, 0.6) is 0 Å². The van der Waals surface area contributed by atoms with E-state index in [1.165, 1.54) is 121 Å². The van der Waals surface area contributed by atoms with Gasteiger partial charge in [0.1, 0.15) is 0 Å². The van der Waals surface area contributed by atoms with E-state index in [1.807, 2.05) is 0 Å². The van der Waals surface area contributed by atoms with Gasteiger partial charge in [-0.15, -0.1) is 0 Å². The molecule has 1 unspecified atom stereocenters. The molecule has 1 aromatic rings. The standard InChI is InChI=1S/C26H46S/c1-2-3-4-5-6-7-8-9-10-11-12-13-14-15-16-17-21-24-26(27)25-22-19-18-20-23-25/h18-20,22-23,26-27H,2-17,21,24H2,1H3. The molecule has 0 aromatic heterocycles. The molecule has 0 spiro atoms. The van der Waals surface area contributed by atoms with E-state index in [0.717, 1.165) is 0 Å². The van der Waals surface area contributed by atoms with E-state index in [1.54, 1.807) is 0 Å². The van der Waals surface area contributed by atoms with Gasteiger partial charge in [-0.25, -0.2) is 0 Å². The van der Waals surface area contributed by atoms with E-state index in [2.05, 4.69) is 37.3 Å². The van der Waals surface area contributed by atoms with Crippen LogP contribution >= 0.6 is 12.6 Å². The Morgan fingerprint density at radius 1 is 0.556 bits per heavy atom. The fourth-order valence-electron chi connectivity index (χ4n) is 3.90. The highest BCUT2D eigenvalue weighted by molar-refractivity contribution is 7.80. The maximum Gasteiger partial charge on any atom is 0.0267 e. The largest absolute Gasteiger partial charge is 0.171 e. The van der Waals surface area contributed by atoms with E-state index in [9.17, 15) is 0 Å². The average molecular weight is 391 g/mol. The minimum atomic E-state index is 0.419. The Morgan fingerprint density at radius 2 is 0.926 bits per heavy atom. The van der Waals surface area contributed by atoms with Gasteiger partial charge < -0.3 is 0 Å². The zero-order chi connectivity index (χ0) is 19.4. The fraction of sp³-hybridized carbons (Fsp3) is 0.769. The average Bonchev–Trinajstić information content (AvgIpc) is 2.70. The summed E-state index contributed by atoms with van der Waals surface area (Å²) in [4.78, 5) is 0. The Balaban J connectivity index is 1.74. The Morgan fingerprint density at radius 3 is 1.33 bits per heavy atom. The molecule has 0 amide bonds. The first kappa shape index (κ1) is 24.6. The normalized spacial score (nSPS) is 12.4. The molecule has 0 heterocycles. The molecule has 0 aliphatic carbocycles. The van der Waals surface area contributed by atoms with Gasteiger partial charge in [-0.3, -0.25) is 0 Å². The second-order valence-corrected chi connectivity index (χ2v) is 9.00. The molecule has 0 aliphatic rings. The minimum Gasteiger partial charge on any atom is -0.171 e. The summed E-state index contributed by atoms with van der Waals surface area (Å²) < 4.78 is 0. The smallest absolute Gasteiger partial charge is 0.0267 e. The van der Waals surface area contributed by atoms with Crippen LogP contribution in [-0.2, 0) is 0 Å². The van der Waals surface area contributed by atoms with Crippen molar-refractivity contribution in [3.05, 3.63) is 35.9 Å². The van der Waals surface area contributed by atoms with Crippen molar-refractivity contribution in [2.24, 2.45) is 0 Å². The number of hydrogen-bond donors (Lipinski definition) is 1. The van der Waals surface area contributed by atoms with Crippen molar-refractivity contribution >= 4 is 12.6 Å². The molecule has 0 saturated heterocycles. The van der Waals surface area contributed by atoms with Crippen LogP contribution in [-0.4, -0.2) is 0 Å². The Labute approximate surface area is 176 Å². The van der Waals surface area contributed by atoms with E-state index in [4.69, 9.17) is 12.6 Å². The summed E-state index contributed by atoms with van der Waals surface area (Å²) in [6.07, 6.45) is 25.7. The number of thiol groups is 1. The van der Waals surface area contributed by atoms with Gasteiger partial charge in [0.05, 0.1) is 0 Å². The highest BCUT2D eigenvalue weighted by atomic mass is 32.1. The van der Waals surface area contributed by atoms with Crippen molar-refractivity contribution in [1.29, 1.82) is 0 Å². The molecule has 0 fully saturated rings. The molecular formula is C26H46S. The summed E-state index contributed by atoms with van der Waals surface area (Å²) in [5, 5.41) is 0.419. The molecule has 0 bridgehead atoms. The Bertz CT molecular complexity index is 400. The third-order valence-corrected chi connectivity index (χ3v) is 6.32. The molecule has 0 radical (unpaired) electrons. The summed E-state index contributed by atoms with van der Waals surface area (Å²) in [6.45, 7) is 2.30. The van der Waals surface area contributed by atoms with Crippen molar-refractivity contribution in [2.75, 3.05) is 0 Å². The number of unbranched alkanes of at least 4 members (excludes halogenated alkanes) is 16. The van der Waals surface area contributed by atoms with Crippen LogP contribution < -0.4 is 0 Å². The molecule has 1 rings (SSSR count). The van der Waals surface area contributed by atoms with E-state index in [-0.39, 0.29) is 0 Å². The van der Waals surface area contributed by atoms with Crippen LogP contribution in [0, 0.1) is 0 Å². The van der Waals surface area contributed by atoms with Crippen LogP contribution in [0.2, 0.25) is 0 Å². The number of hydrogen-bond acceptors (Lipinski definition) is 1. The highest BCUT2D eigenvalue weighted by Gasteiger charge is 2.04. The molecule has 1 atom stereocenters. The van der Waals surface area contributed by atoms with Crippen molar-refractivity contribution < 1.29 is 0 Å². The lowest BCUT2D eigenvalue weighted by atomic mass is 10.0. The van der Waals surface area contributed by atoms with Crippen LogP contribution in [0.15, 0.2) is 30.3 Å². The van der Waals surface area contributed by atoms with Gasteiger partial charge in [-0.2, -0.15) is 12.6 Å². The van der Waals surface area contributed by atoms with Gasteiger partial charge in [0, 0.05) is 5.25 Å². The maximum atomic E-state index is 4.75. The fourth-order valence-corrected chi connectivity index (χ4v) is 4.26. The van der Waals surface area contributed by atoms with Crippen LogP contribution in [0.1, 0.15) is 133 Å². The summed E-state index contributed by atoms with van der Waals surface area (Å²) >= 11 is 4.75. The molecule has 0 aliphatic heterocycles. The van der Waals surface area contributed by atoms with E-state index in [0.29, 0.717) is 5.25 Å². The van der Waals surface area contributed by atoms with Gasteiger partial charge in [-0.05, 0) is 12.0 Å². The second-order valence-electron chi connectivity index (χ2n) is 8.37. The molecule has 1 aromatic carbocycles. The molecular weight excluding hydrogens is 344 g/mol. The van der Waals surface area contributed by atoms with Gasteiger partial charge in [-0.1, -0.05) is 146 Å². The molecule has 0 saturated carbocycles. The number of benzene rings is 1. The maximum absolute atomic E-state index is 4.75. The first-order valence-electron chi connectivity index (χ1n) is 12.1. The molecule has 0 nitrogen and oxygen atoms in total. The lowest BCUT2D eigenvalue weighted by molar-refractivity contribution is 0.525. The zero-order valence-electron chi connectivity index (χ0n) is 18.1. The van der Waals surface area contributed by atoms with Gasteiger partial charge in [0.2, 0.25) is 0 Å². The Hall–Kier alpha value is -0.430. The third kappa shape index (κ3) is 15.2. The third-order valence-electron chi connectivity index (χ3n) is 5.77. The van der Waals surface area contributed by atoms with Gasteiger partial charge in [0.15, 0.2) is 0 Å². The molecule has 1 heteroatoms. The second kappa shape index (κ2) is 18.9. The van der Waals surface area contributed by atoms with Crippen molar-refractivity contribution in [1.82, 2.24) is 0 Å². The summed E-state index contributed by atoms with van der Waals surface area (Å²) in [5.41, 5.74) is 1.37. The van der Waals surface area contributed by atoms with Crippen LogP contribution in [0.25, 0.3) is 0 Å². The van der Waals surface area contributed by atoms with Gasteiger partial charge >= 0.3 is 0 Å². The topological polar surface area (TPSA) is 0 Å². The van der Waals surface area contributed by atoms with E-state index < -0.39 is 0 Å². The zero-order valence-corrected chi connectivity index (χ0v) is 19.0. The summed E-state index contributed by atoms with van der Waals surface area (Å²) in [7, 11) is 0. The van der Waals surface area contributed by atoms with Crippen molar-refractivity contribution in [2.45, 2.75) is 128 Å².